The van der Waals surface area contributed by atoms with E-state index in [2.05, 4.69) is 48.5 Å². The molecule has 4 rings (SSSR count). The molecule has 0 spiro atoms. The number of hydrogen-bond donors (Lipinski definition) is 2. The quantitative estimate of drug-likeness (QED) is 0.411. The van der Waals surface area contributed by atoms with E-state index in [0.717, 1.165) is 44.4 Å². The molecule has 0 aliphatic heterocycles. The van der Waals surface area contributed by atoms with Crippen molar-refractivity contribution in [3.8, 4) is 0 Å². The Bertz CT molecular complexity index is 791. The molecule has 0 heterocycles. The minimum atomic E-state index is -0.602. The zero-order valence-electron chi connectivity index (χ0n) is 23.9. The van der Waals surface area contributed by atoms with E-state index in [4.69, 9.17) is 4.74 Å². The molecule has 4 aliphatic carbocycles. The van der Waals surface area contributed by atoms with Gasteiger partial charge in [-0.25, -0.2) is 0 Å². The van der Waals surface area contributed by atoms with Crippen LogP contribution >= 0.6 is 0 Å². The number of rotatable bonds is 6. The topological polar surface area (TPSA) is 66.8 Å². The molecule has 0 saturated heterocycles. The lowest BCUT2D eigenvalue weighted by Crippen LogP contribution is -2.67. The van der Waals surface area contributed by atoms with Gasteiger partial charge in [-0.2, -0.15) is 0 Å². The van der Waals surface area contributed by atoms with Crippen molar-refractivity contribution in [2.45, 2.75) is 125 Å². The zero-order chi connectivity index (χ0) is 26.0. The minimum absolute atomic E-state index is 0.0376. The van der Waals surface area contributed by atoms with Gasteiger partial charge in [0.1, 0.15) is 0 Å². The third kappa shape index (κ3) is 3.85. The van der Waals surface area contributed by atoms with Crippen LogP contribution in [0.25, 0.3) is 0 Å². The highest BCUT2D eigenvalue weighted by atomic mass is 16.5. The summed E-state index contributed by atoms with van der Waals surface area (Å²) in [5.74, 6) is 2.25. The predicted molar refractivity (Wildman–Crippen MR) is 141 cm³/mol. The average molecular weight is 491 g/mol. The molecule has 0 bridgehead atoms. The molecule has 0 aromatic heterocycles. The van der Waals surface area contributed by atoms with Crippen LogP contribution < -0.4 is 0 Å². The largest absolute Gasteiger partial charge is 0.469 e. The Kier molecular flexibility index (Phi) is 7.28. The van der Waals surface area contributed by atoms with Gasteiger partial charge in [0, 0.05) is 5.92 Å². The van der Waals surface area contributed by atoms with Gasteiger partial charge >= 0.3 is 5.97 Å². The number of carbonyl (C=O) groups is 1. The van der Waals surface area contributed by atoms with Gasteiger partial charge in [0.05, 0.1) is 24.7 Å². The Morgan fingerprint density at radius 3 is 2.29 bits per heavy atom. The molecule has 0 aromatic carbocycles. The highest BCUT2D eigenvalue weighted by molar-refractivity contribution is 5.79. The van der Waals surface area contributed by atoms with Crippen molar-refractivity contribution >= 4 is 5.97 Å². The van der Waals surface area contributed by atoms with Crippen molar-refractivity contribution in [2.75, 3.05) is 7.11 Å². The summed E-state index contributed by atoms with van der Waals surface area (Å²) in [4.78, 5) is 13.9. The second-order valence-corrected chi connectivity index (χ2v) is 14.7. The summed E-state index contributed by atoms with van der Waals surface area (Å²) < 4.78 is 5.63. The number of fused-ring (bicyclic) bond motifs is 5. The highest BCUT2D eigenvalue weighted by Gasteiger charge is 2.74. The van der Waals surface area contributed by atoms with Crippen molar-refractivity contribution in [3.63, 3.8) is 0 Å². The zero-order valence-corrected chi connectivity index (χ0v) is 23.9. The maximum absolute atomic E-state index is 13.9. The van der Waals surface area contributed by atoms with E-state index in [1.54, 1.807) is 7.11 Å². The number of aliphatic hydroxyl groups excluding tert-OH is 2. The summed E-state index contributed by atoms with van der Waals surface area (Å²) in [6, 6.07) is 0. The maximum Gasteiger partial charge on any atom is 0.312 e. The molecule has 4 saturated carbocycles. The first-order chi connectivity index (χ1) is 16.3. The van der Waals surface area contributed by atoms with E-state index in [1.165, 1.54) is 19.3 Å². The fourth-order valence-corrected chi connectivity index (χ4v) is 10.7. The normalized spacial score (nSPS) is 47.5. The van der Waals surface area contributed by atoms with Gasteiger partial charge < -0.3 is 14.9 Å². The Morgan fingerprint density at radius 2 is 1.66 bits per heavy atom. The van der Waals surface area contributed by atoms with E-state index < -0.39 is 11.5 Å². The van der Waals surface area contributed by atoms with E-state index in [0.29, 0.717) is 24.2 Å². The van der Waals surface area contributed by atoms with Crippen molar-refractivity contribution in [3.05, 3.63) is 0 Å². The molecule has 4 fully saturated rings. The Hall–Kier alpha value is -0.610. The maximum atomic E-state index is 13.9. The molecule has 4 nitrogen and oxygen atoms in total. The molecule has 4 heteroatoms. The third-order valence-corrected chi connectivity index (χ3v) is 12.6. The van der Waals surface area contributed by atoms with Crippen LogP contribution in [-0.4, -0.2) is 35.5 Å². The van der Waals surface area contributed by atoms with E-state index >= 15 is 0 Å². The number of aliphatic hydroxyl groups is 2. The van der Waals surface area contributed by atoms with Crippen LogP contribution in [0.2, 0.25) is 0 Å². The van der Waals surface area contributed by atoms with E-state index in [9.17, 15) is 15.0 Å². The van der Waals surface area contributed by atoms with Crippen LogP contribution in [0.1, 0.15) is 113 Å². The van der Waals surface area contributed by atoms with Crippen LogP contribution in [0.4, 0.5) is 0 Å². The van der Waals surface area contributed by atoms with Gasteiger partial charge in [-0.1, -0.05) is 67.7 Å². The van der Waals surface area contributed by atoms with E-state index in [-0.39, 0.29) is 40.2 Å². The summed E-state index contributed by atoms with van der Waals surface area (Å²) in [5.41, 5.74) is -0.918. The number of hydrogen-bond acceptors (Lipinski definition) is 4. The Balaban J connectivity index is 1.71. The molecule has 10 atom stereocenters. The van der Waals surface area contributed by atoms with Crippen LogP contribution in [0.3, 0.4) is 0 Å². The monoisotopic (exact) mass is 490 g/mol. The predicted octanol–water partition coefficient (Wildman–Crippen LogP) is 6.62. The van der Waals surface area contributed by atoms with Crippen molar-refractivity contribution in [1.82, 2.24) is 0 Å². The van der Waals surface area contributed by atoms with E-state index in [1.807, 2.05) is 0 Å². The first kappa shape index (κ1) is 27.4. The standard InChI is InChI=1S/C31H54O4/c1-19(2)10-9-11-20(3)21-13-17-31(27(34)35-8)26-22(12-16-30(21,31)7)29(6)15-14-25(33)28(4,5)24(29)18-23(26)32/h19-26,32-33H,9-18H2,1-8H3/t20-,21-,22+,23-,24+,25+,26+,29-,30-,31+/m1/s1. The third-order valence-electron chi connectivity index (χ3n) is 12.6. The second-order valence-electron chi connectivity index (χ2n) is 14.7. The van der Waals surface area contributed by atoms with Crippen LogP contribution in [0, 0.1) is 57.2 Å². The summed E-state index contributed by atoms with van der Waals surface area (Å²) in [6.07, 6.45) is 9.41. The average Bonchev–Trinajstić information content (AvgIpc) is 3.11. The lowest BCUT2D eigenvalue weighted by atomic mass is 9.37. The molecule has 0 radical (unpaired) electrons. The lowest BCUT2D eigenvalue weighted by Gasteiger charge is -2.68. The fraction of sp³-hybridized carbons (Fsp3) is 0.968. The van der Waals surface area contributed by atoms with Gasteiger partial charge in [-0.05, 0) is 90.8 Å². The lowest BCUT2D eigenvalue weighted by molar-refractivity contribution is -0.242. The summed E-state index contributed by atoms with van der Waals surface area (Å²) >= 11 is 0. The van der Waals surface area contributed by atoms with Crippen LogP contribution in [-0.2, 0) is 9.53 Å². The molecular weight excluding hydrogens is 436 g/mol. The number of ether oxygens (including phenoxy) is 1. The van der Waals surface area contributed by atoms with Crippen molar-refractivity contribution < 1.29 is 19.7 Å². The van der Waals surface area contributed by atoms with Crippen molar-refractivity contribution in [2.24, 2.45) is 57.2 Å². The molecule has 35 heavy (non-hydrogen) atoms. The highest BCUT2D eigenvalue weighted by Crippen LogP contribution is 2.75. The smallest absolute Gasteiger partial charge is 0.312 e. The van der Waals surface area contributed by atoms with Gasteiger partial charge in [-0.15, -0.1) is 0 Å². The van der Waals surface area contributed by atoms with Gasteiger partial charge in [0.25, 0.3) is 0 Å². The molecule has 0 unspecified atom stereocenters. The fourth-order valence-electron chi connectivity index (χ4n) is 10.7. The summed E-state index contributed by atoms with van der Waals surface area (Å²) in [6.45, 7) is 16.2. The Morgan fingerprint density at radius 1 is 0.971 bits per heavy atom. The van der Waals surface area contributed by atoms with Gasteiger partial charge in [0.15, 0.2) is 0 Å². The number of carbonyl (C=O) groups excluding carboxylic acids is 1. The molecule has 0 amide bonds. The molecule has 4 aliphatic rings. The van der Waals surface area contributed by atoms with Gasteiger partial charge in [-0.3, -0.25) is 4.79 Å². The van der Waals surface area contributed by atoms with Crippen molar-refractivity contribution in [1.29, 1.82) is 0 Å². The molecule has 2 N–H and O–H groups in total. The molecular formula is C31H54O4. The minimum Gasteiger partial charge on any atom is -0.469 e. The molecule has 0 aromatic rings. The number of esters is 1. The Labute approximate surface area is 215 Å². The van der Waals surface area contributed by atoms with Crippen LogP contribution in [0.5, 0.6) is 0 Å². The summed E-state index contributed by atoms with van der Waals surface area (Å²) in [7, 11) is 1.56. The first-order valence-electron chi connectivity index (χ1n) is 14.7. The van der Waals surface area contributed by atoms with Crippen LogP contribution in [0.15, 0.2) is 0 Å². The summed E-state index contributed by atoms with van der Waals surface area (Å²) in [5, 5.41) is 22.8. The molecule has 202 valence electrons. The number of methoxy groups -OCH3 is 1. The van der Waals surface area contributed by atoms with Gasteiger partial charge in [0.2, 0.25) is 0 Å². The second kappa shape index (κ2) is 9.29. The first-order valence-corrected chi connectivity index (χ1v) is 14.7. The SMILES string of the molecule is COC(=O)[C@@]12CC[C@H]([C@H](C)CCCC(C)C)[C@@]1(C)CC[C@H]1[C@H]2[C@H](O)C[C@H]2C(C)(C)[C@@H](O)CC[C@]12C.